The van der Waals surface area contributed by atoms with Crippen LogP contribution in [0.15, 0.2) is 59.3 Å². The second-order valence-corrected chi connectivity index (χ2v) is 7.22. The highest BCUT2D eigenvalue weighted by atomic mass is 16.5. The van der Waals surface area contributed by atoms with Crippen molar-refractivity contribution >= 4 is 5.91 Å². The molecule has 1 amide bonds. The molecule has 0 spiro atoms. The minimum atomic E-state index is -0.0265. The lowest BCUT2D eigenvalue weighted by Gasteiger charge is -2.24. The number of hydrogen-bond acceptors (Lipinski definition) is 5. The normalized spacial score (nSPS) is 16.7. The Balaban J connectivity index is 1.44. The smallest absolute Gasteiger partial charge is 0.254 e. The molecule has 0 saturated carbocycles. The van der Waals surface area contributed by atoms with Crippen molar-refractivity contribution in [2.45, 2.75) is 25.3 Å². The van der Waals surface area contributed by atoms with Crippen molar-refractivity contribution in [3.05, 3.63) is 71.6 Å². The lowest BCUT2D eigenvalue weighted by molar-refractivity contribution is 0.0772. The minimum absolute atomic E-state index is 0.0265. The van der Waals surface area contributed by atoms with Gasteiger partial charge in [-0.3, -0.25) is 9.78 Å². The summed E-state index contributed by atoms with van der Waals surface area (Å²) >= 11 is 0. The molecule has 0 bridgehead atoms. The lowest BCUT2D eigenvalue weighted by Crippen LogP contribution is -2.29. The molecule has 0 radical (unpaired) electrons. The van der Waals surface area contributed by atoms with E-state index in [1.54, 1.807) is 18.1 Å². The first-order valence-corrected chi connectivity index (χ1v) is 9.64. The number of aromatic nitrogens is 2. The fourth-order valence-electron chi connectivity index (χ4n) is 3.61. The van der Waals surface area contributed by atoms with E-state index in [-0.39, 0.29) is 5.91 Å². The summed E-state index contributed by atoms with van der Waals surface area (Å²) in [5.41, 5.74) is 3.35. The van der Waals surface area contributed by atoms with E-state index >= 15 is 0 Å². The van der Waals surface area contributed by atoms with Gasteiger partial charge in [0.05, 0.1) is 12.2 Å². The van der Waals surface area contributed by atoms with Crippen molar-refractivity contribution in [3.63, 3.8) is 0 Å². The highest BCUT2D eigenvalue weighted by Crippen LogP contribution is 2.24. The van der Waals surface area contributed by atoms with Gasteiger partial charge in [-0.25, -0.2) is 0 Å². The molecule has 1 aromatic carbocycles. The van der Waals surface area contributed by atoms with Gasteiger partial charge in [0.15, 0.2) is 5.76 Å². The summed E-state index contributed by atoms with van der Waals surface area (Å²) in [4.78, 5) is 18.8. The van der Waals surface area contributed by atoms with E-state index < -0.39 is 0 Å². The Morgan fingerprint density at radius 2 is 2.14 bits per heavy atom. The van der Waals surface area contributed by atoms with E-state index in [4.69, 9.17) is 4.52 Å². The maximum absolute atomic E-state index is 12.9. The maximum Gasteiger partial charge on any atom is 0.254 e. The Bertz CT molecular complexity index is 932. The number of carbonyl (C=O) groups excluding carboxylic acids is 1. The zero-order valence-electron chi connectivity index (χ0n) is 16.0. The van der Waals surface area contributed by atoms with Crippen LogP contribution in [0.3, 0.4) is 0 Å². The molecule has 4 rings (SSSR count). The van der Waals surface area contributed by atoms with Crippen LogP contribution in [0.2, 0.25) is 0 Å². The predicted octanol–water partition coefficient (Wildman–Crippen LogP) is 3.48. The number of nitrogens with zero attached hydrogens (tertiary/aromatic N) is 3. The van der Waals surface area contributed by atoms with Gasteiger partial charge in [-0.05, 0) is 55.1 Å². The van der Waals surface area contributed by atoms with E-state index in [0.29, 0.717) is 29.5 Å². The summed E-state index contributed by atoms with van der Waals surface area (Å²) in [6.45, 7) is 2.41. The van der Waals surface area contributed by atoms with Gasteiger partial charge in [0.1, 0.15) is 5.69 Å². The van der Waals surface area contributed by atoms with Crippen LogP contribution in [0, 0.1) is 0 Å². The zero-order chi connectivity index (χ0) is 19.3. The van der Waals surface area contributed by atoms with Crippen LogP contribution in [0.5, 0.6) is 0 Å². The third kappa shape index (κ3) is 4.12. The van der Waals surface area contributed by atoms with E-state index in [2.05, 4.69) is 21.5 Å². The Morgan fingerprint density at radius 1 is 1.21 bits per heavy atom. The molecule has 1 saturated heterocycles. The number of piperidine rings is 1. The van der Waals surface area contributed by atoms with Crippen LogP contribution in [0.25, 0.3) is 11.4 Å². The molecule has 1 aliphatic heterocycles. The SMILES string of the molecule is CN(Cc1cc(-c2ccccn2)no1)C(=O)c1cccc([C@H]2CCCNC2)c1. The monoisotopic (exact) mass is 376 g/mol. The standard InChI is InChI=1S/C22H24N4O2/c1-26(15-19-13-21(25-28-19)20-9-2-3-11-24-20)22(27)17-7-4-6-16(12-17)18-8-5-10-23-14-18/h2-4,6-7,9,11-13,18,23H,5,8,10,14-15H2,1H3/t18-/m0/s1. The molecule has 1 N–H and O–H groups in total. The number of rotatable bonds is 5. The Hall–Kier alpha value is -2.99. The summed E-state index contributed by atoms with van der Waals surface area (Å²) < 4.78 is 5.40. The van der Waals surface area contributed by atoms with E-state index in [1.165, 1.54) is 12.0 Å². The molecule has 1 aliphatic rings. The summed E-state index contributed by atoms with van der Waals surface area (Å²) in [7, 11) is 1.78. The molecule has 2 aromatic heterocycles. The van der Waals surface area contributed by atoms with Crippen LogP contribution < -0.4 is 5.32 Å². The summed E-state index contributed by atoms with van der Waals surface area (Å²) in [5.74, 6) is 1.08. The number of nitrogens with one attached hydrogen (secondary N) is 1. The lowest BCUT2D eigenvalue weighted by atomic mass is 9.90. The maximum atomic E-state index is 12.9. The largest absolute Gasteiger partial charge is 0.359 e. The second-order valence-electron chi connectivity index (χ2n) is 7.22. The van der Waals surface area contributed by atoms with Gasteiger partial charge in [0.25, 0.3) is 5.91 Å². The van der Waals surface area contributed by atoms with Crippen LogP contribution in [0.1, 0.15) is 40.4 Å². The van der Waals surface area contributed by atoms with Gasteiger partial charge < -0.3 is 14.7 Å². The third-order valence-electron chi connectivity index (χ3n) is 5.13. The highest BCUT2D eigenvalue weighted by Gasteiger charge is 2.19. The number of carbonyl (C=O) groups is 1. The van der Waals surface area contributed by atoms with E-state index in [9.17, 15) is 4.79 Å². The predicted molar refractivity (Wildman–Crippen MR) is 107 cm³/mol. The van der Waals surface area contributed by atoms with E-state index in [1.807, 2.05) is 42.5 Å². The molecular formula is C22H24N4O2. The molecule has 144 valence electrons. The molecule has 28 heavy (non-hydrogen) atoms. The molecule has 3 heterocycles. The van der Waals surface area contributed by atoms with Gasteiger partial charge >= 0.3 is 0 Å². The molecule has 1 fully saturated rings. The second kappa shape index (κ2) is 8.35. The van der Waals surface area contributed by atoms with Crippen molar-refractivity contribution in [3.8, 4) is 11.4 Å². The molecule has 0 aliphatic carbocycles. The Labute approximate surface area is 164 Å². The average molecular weight is 376 g/mol. The summed E-state index contributed by atoms with van der Waals surface area (Å²) in [5, 5.41) is 7.50. The van der Waals surface area contributed by atoms with Crippen LogP contribution in [-0.2, 0) is 6.54 Å². The summed E-state index contributed by atoms with van der Waals surface area (Å²) in [6, 6.07) is 15.4. The zero-order valence-corrected chi connectivity index (χ0v) is 16.0. The van der Waals surface area contributed by atoms with Crippen molar-refractivity contribution in [2.24, 2.45) is 0 Å². The average Bonchev–Trinajstić information content (AvgIpc) is 3.23. The van der Waals surface area contributed by atoms with Crippen LogP contribution in [0.4, 0.5) is 0 Å². The number of amides is 1. The van der Waals surface area contributed by atoms with Crippen molar-refractivity contribution in [1.82, 2.24) is 20.4 Å². The third-order valence-corrected chi connectivity index (χ3v) is 5.13. The Morgan fingerprint density at radius 3 is 2.93 bits per heavy atom. The van der Waals surface area contributed by atoms with Crippen molar-refractivity contribution < 1.29 is 9.32 Å². The molecule has 6 nitrogen and oxygen atoms in total. The fraction of sp³-hybridized carbons (Fsp3) is 0.318. The molecule has 1 atom stereocenters. The molecule has 6 heteroatoms. The van der Waals surface area contributed by atoms with Crippen molar-refractivity contribution in [1.29, 1.82) is 0 Å². The Kier molecular flexibility index (Phi) is 5.48. The molecular weight excluding hydrogens is 352 g/mol. The van der Waals surface area contributed by atoms with Gasteiger partial charge in [0, 0.05) is 31.4 Å². The first-order chi connectivity index (χ1) is 13.7. The van der Waals surface area contributed by atoms with Gasteiger partial charge in [-0.1, -0.05) is 23.4 Å². The fourth-order valence-corrected chi connectivity index (χ4v) is 3.61. The highest BCUT2D eigenvalue weighted by molar-refractivity contribution is 5.94. The number of hydrogen-bond donors (Lipinski definition) is 1. The first-order valence-electron chi connectivity index (χ1n) is 9.64. The van der Waals surface area contributed by atoms with Gasteiger partial charge in [0.2, 0.25) is 0 Å². The quantitative estimate of drug-likeness (QED) is 0.738. The van der Waals surface area contributed by atoms with Crippen LogP contribution in [-0.4, -0.2) is 41.1 Å². The number of benzene rings is 1. The molecule has 0 unspecified atom stereocenters. The van der Waals surface area contributed by atoms with Gasteiger partial charge in [-0.2, -0.15) is 0 Å². The minimum Gasteiger partial charge on any atom is -0.359 e. The topological polar surface area (TPSA) is 71.3 Å². The number of pyridine rings is 1. The first kappa shape index (κ1) is 18.4. The van der Waals surface area contributed by atoms with Gasteiger partial charge in [-0.15, -0.1) is 0 Å². The van der Waals surface area contributed by atoms with Crippen molar-refractivity contribution in [2.75, 3.05) is 20.1 Å². The van der Waals surface area contributed by atoms with E-state index in [0.717, 1.165) is 25.2 Å². The molecule has 3 aromatic rings. The summed E-state index contributed by atoms with van der Waals surface area (Å²) in [6.07, 6.45) is 4.05. The van der Waals surface area contributed by atoms with Crippen LogP contribution >= 0.6 is 0 Å².